The molecule has 1 aliphatic rings. The number of rotatable bonds is 2. The molecule has 0 spiro atoms. The lowest BCUT2D eigenvalue weighted by Crippen LogP contribution is -2.55. The van der Waals surface area contributed by atoms with Crippen LogP contribution in [-0.4, -0.2) is 35.7 Å². The second-order valence-electron chi connectivity index (χ2n) is 4.84. The zero-order valence-corrected chi connectivity index (χ0v) is 9.17. The molecule has 1 amide bonds. The minimum Gasteiger partial charge on any atom is -0.530 e. The van der Waals surface area contributed by atoms with Gasteiger partial charge in [-0.15, -0.1) is 0 Å². The molecule has 14 heavy (non-hydrogen) atoms. The van der Waals surface area contributed by atoms with Crippen LogP contribution in [0.3, 0.4) is 0 Å². The molecule has 1 rings (SSSR count). The maximum absolute atomic E-state index is 10.9. The lowest BCUT2D eigenvalue weighted by Gasteiger charge is -2.39. The molecule has 4 heteroatoms. The van der Waals surface area contributed by atoms with E-state index in [1.807, 2.05) is 20.8 Å². The third kappa shape index (κ3) is 2.87. The van der Waals surface area contributed by atoms with Gasteiger partial charge in [0.1, 0.15) is 6.09 Å². The summed E-state index contributed by atoms with van der Waals surface area (Å²) in [7, 11) is 0. The lowest BCUT2D eigenvalue weighted by molar-refractivity contribution is -0.270. The Morgan fingerprint density at radius 3 is 2.57 bits per heavy atom. The summed E-state index contributed by atoms with van der Waals surface area (Å²) in [5.41, 5.74) is -0.372. The number of nitrogens with one attached hydrogen (secondary N) is 1. The molecule has 0 aliphatic carbocycles. The van der Waals surface area contributed by atoms with E-state index < -0.39 is 6.09 Å². The van der Waals surface area contributed by atoms with Crippen LogP contribution in [0.4, 0.5) is 4.79 Å². The van der Waals surface area contributed by atoms with Gasteiger partial charge in [0.25, 0.3) is 0 Å². The molecule has 0 aromatic carbocycles. The molecule has 1 heterocycles. The van der Waals surface area contributed by atoms with Gasteiger partial charge in [0.2, 0.25) is 0 Å². The van der Waals surface area contributed by atoms with Crippen LogP contribution in [0.25, 0.3) is 0 Å². The zero-order chi connectivity index (χ0) is 10.8. The Hall–Kier alpha value is -0.770. The van der Waals surface area contributed by atoms with Gasteiger partial charge in [0, 0.05) is 18.1 Å². The van der Waals surface area contributed by atoms with Crippen molar-refractivity contribution >= 4 is 6.09 Å². The van der Waals surface area contributed by atoms with Gasteiger partial charge in [0.15, 0.2) is 0 Å². The summed E-state index contributed by atoms with van der Waals surface area (Å²) < 4.78 is 0. The van der Waals surface area contributed by atoms with E-state index in [1.165, 1.54) is 4.90 Å². The highest BCUT2D eigenvalue weighted by Gasteiger charge is 2.25. The van der Waals surface area contributed by atoms with E-state index in [4.69, 9.17) is 0 Å². The number of carbonyl (C=O) groups is 1. The maximum atomic E-state index is 10.9. The lowest BCUT2D eigenvalue weighted by atomic mass is 10.1. The average Bonchev–Trinajstić information content (AvgIpc) is 2.48. The molecule has 1 atom stereocenters. The first-order chi connectivity index (χ1) is 6.41. The summed E-state index contributed by atoms with van der Waals surface area (Å²) in [6.45, 7) is 7.19. The predicted molar refractivity (Wildman–Crippen MR) is 52.9 cm³/mol. The maximum Gasteiger partial charge on any atom is 0.137 e. The number of hydrogen-bond donors (Lipinski definition) is 1. The molecule has 0 radical (unpaired) electrons. The Balaban J connectivity index is 2.55. The minimum absolute atomic E-state index is 0.298. The molecule has 0 unspecified atom stereocenters. The second kappa shape index (κ2) is 4.17. The Bertz CT molecular complexity index is 205. The third-order valence-electron chi connectivity index (χ3n) is 2.60. The van der Waals surface area contributed by atoms with E-state index in [0.29, 0.717) is 12.6 Å². The number of carboxylic acid groups (broad SMARTS) is 1. The van der Waals surface area contributed by atoms with Crippen molar-refractivity contribution in [3.63, 3.8) is 0 Å². The van der Waals surface area contributed by atoms with Crippen LogP contribution in [0.1, 0.15) is 33.6 Å². The SMILES string of the molecule is CC(C)(C)N(C[C@H]1CCCN1)C(=O)[O-]. The fourth-order valence-electron chi connectivity index (χ4n) is 1.76. The topological polar surface area (TPSA) is 55.4 Å². The molecule has 1 fully saturated rings. The fraction of sp³-hybridized carbons (Fsp3) is 0.900. The van der Waals surface area contributed by atoms with Crippen LogP contribution >= 0.6 is 0 Å². The van der Waals surface area contributed by atoms with Gasteiger partial charge in [-0.25, -0.2) is 0 Å². The smallest absolute Gasteiger partial charge is 0.137 e. The van der Waals surface area contributed by atoms with Crippen molar-refractivity contribution in [3.8, 4) is 0 Å². The zero-order valence-electron chi connectivity index (χ0n) is 9.17. The molecular weight excluding hydrogens is 180 g/mol. The monoisotopic (exact) mass is 199 g/mol. The van der Waals surface area contributed by atoms with Crippen LogP contribution in [0, 0.1) is 0 Å². The highest BCUT2D eigenvalue weighted by molar-refractivity contribution is 5.63. The van der Waals surface area contributed by atoms with Crippen molar-refractivity contribution < 1.29 is 9.90 Å². The van der Waals surface area contributed by atoms with E-state index in [-0.39, 0.29) is 5.54 Å². The van der Waals surface area contributed by atoms with Gasteiger partial charge in [0.05, 0.1) is 0 Å². The summed E-state index contributed by atoms with van der Waals surface area (Å²) in [4.78, 5) is 12.3. The average molecular weight is 199 g/mol. The Morgan fingerprint density at radius 1 is 1.57 bits per heavy atom. The van der Waals surface area contributed by atoms with Crippen molar-refractivity contribution in [1.29, 1.82) is 0 Å². The summed E-state index contributed by atoms with van der Waals surface area (Å²) in [5.74, 6) is 0. The van der Waals surface area contributed by atoms with Crippen molar-refractivity contribution in [2.45, 2.75) is 45.2 Å². The first-order valence-electron chi connectivity index (χ1n) is 5.13. The van der Waals surface area contributed by atoms with Gasteiger partial charge in [-0.1, -0.05) is 0 Å². The van der Waals surface area contributed by atoms with Gasteiger partial charge >= 0.3 is 0 Å². The van der Waals surface area contributed by atoms with Crippen LogP contribution < -0.4 is 10.4 Å². The molecule has 82 valence electrons. The van der Waals surface area contributed by atoms with E-state index in [2.05, 4.69) is 5.32 Å². The number of hydrogen-bond acceptors (Lipinski definition) is 3. The number of carbonyl (C=O) groups excluding carboxylic acids is 1. The molecule has 0 aromatic rings. The first kappa shape index (κ1) is 11.3. The molecule has 0 aromatic heterocycles. The fourth-order valence-corrected chi connectivity index (χ4v) is 1.76. The molecule has 0 bridgehead atoms. The van der Waals surface area contributed by atoms with Gasteiger partial charge in [-0.3, -0.25) is 0 Å². The van der Waals surface area contributed by atoms with Gasteiger partial charge < -0.3 is 20.1 Å². The molecule has 1 N–H and O–H groups in total. The molecular formula is C10H19N2O2-. The van der Waals surface area contributed by atoms with Crippen LogP contribution in [-0.2, 0) is 0 Å². The summed E-state index contributed by atoms with van der Waals surface area (Å²) in [5, 5.41) is 14.2. The third-order valence-corrected chi connectivity index (χ3v) is 2.60. The normalized spacial score (nSPS) is 22.4. The highest BCUT2D eigenvalue weighted by Crippen LogP contribution is 2.15. The van der Waals surface area contributed by atoms with Crippen molar-refractivity contribution in [2.75, 3.05) is 13.1 Å². The van der Waals surface area contributed by atoms with Gasteiger partial charge in [-0.05, 0) is 40.2 Å². The van der Waals surface area contributed by atoms with Crippen molar-refractivity contribution in [2.24, 2.45) is 0 Å². The van der Waals surface area contributed by atoms with Crippen molar-refractivity contribution in [1.82, 2.24) is 10.2 Å². The summed E-state index contributed by atoms with van der Waals surface area (Å²) >= 11 is 0. The first-order valence-corrected chi connectivity index (χ1v) is 5.13. The quantitative estimate of drug-likeness (QED) is 0.690. The molecule has 0 saturated carbocycles. The molecule has 1 saturated heterocycles. The van der Waals surface area contributed by atoms with E-state index >= 15 is 0 Å². The Morgan fingerprint density at radius 2 is 2.21 bits per heavy atom. The summed E-state index contributed by atoms with van der Waals surface area (Å²) in [6.07, 6.45) is 1.11. The van der Waals surface area contributed by atoms with Gasteiger partial charge in [-0.2, -0.15) is 0 Å². The Kier molecular flexibility index (Phi) is 3.37. The van der Waals surface area contributed by atoms with E-state index in [1.54, 1.807) is 0 Å². The van der Waals surface area contributed by atoms with Crippen molar-refractivity contribution in [3.05, 3.63) is 0 Å². The van der Waals surface area contributed by atoms with Crippen LogP contribution in [0.2, 0.25) is 0 Å². The van der Waals surface area contributed by atoms with E-state index in [9.17, 15) is 9.90 Å². The number of nitrogens with zero attached hydrogens (tertiary/aromatic N) is 1. The highest BCUT2D eigenvalue weighted by atomic mass is 16.4. The Labute approximate surface area is 85.3 Å². The largest absolute Gasteiger partial charge is 0.530 e. The predicted octanol–water partition coefficient (Wildman–Crippen LogP) is 0.182. The van der Waals surface area contributed by atoms with Crippen LogP contribution in [0.5, 0.6) is 0 Å². The minimum atomic E-state index is -1.08. The second-order valence-corrected chi connectivity index (χ2v) is 4.84. The molecule has 4 nitrogen and oxygen atoms in total. The number of amides is 1. The standard InChI is InChI=1S/C10H20N2O2/c1-10(2,3)12(9(13)14)7-8-5-4-6-11-8/h8,11H,4-7H2,1-3H3,(H,13,14)/p-1/t8-/m1/s1. The van der Waals surface area contributed by atoms with E-state index in [0.717, 1.165) is 19.4 Å². The molecule has 1 aliphatic heterocycles. The van der Waals surface area contributed by atoms with Crippen LogP contribution in [0.15, 0.2) is 0 Å². The summed E-state index contributed by atoms with van der Waals surface area (Å²) in [6, 6.07) is 0.298.